The first-order valence-corrected chi connectivity index (χ1v) is 6.83. The molecular formula is C20H14N2. The van der Waals surface area contributed by atoms with Crippen LogP contribution in [-0.4, -0.2) is 0 Å². The Morgan fingerprint density at radius 2 is 0.909 bits per heavy atom. The van der Waals surface area contributed by atoms with E-state index < -0.39 is 0 Å². The van der Waals surface area contributed by atoms with Gasteiger partial charge in [0.25, 0.3) is 0 Å². The predicted molar refractivity (Wildman–Crippen MR) is 89.5 cm³/mol. The Morgan fingerprint density at radius 3 is 1.23 bits per heavy atom. The molecule has 104 valence electrons. The third-order valence-corrected chi connectivity index (χ3v) is 2.99. The van der Waals surface area contributed by atoms with Gasteiger partial charge < -0.3 is 0 Å². The van der Waals surface area contributed by atoms with E-state index in [0.717, 1.165) is 11.1 Å². The maximum Gasteiger partial charge on any atom is 0.0991 e. The van der Waals surface area contributed by atoms with Gasteiger partial charge >= 0.3 is 0 Å². The first kappa shape index (κ1) is 15.0. The number of allylic oxidation sites excluding steroid dienone is 4. The molecule has 0 atom stereocenters. The molecule has 2 heteroatoms. The molecule has 2 aromatic rings. The van der Waals surface area contributed by atoms with Crippen molar-refractivity contribution in [1.82, 2.24) is 0 Å². The third kappa shape index (κ3) is 4.63. The largest absolute Gasteiger partial charge is 0.192 e. The molecule has 0 unspecified atom stereocenters. The van der Waals surface area contributed by atoms with Crippen LogP contribution in [0, 0.1) is 22.7 Å². The Morgan fingerprint density at radius 1 is 0.545 bits per heavy atom. The van der Waals surface area contributed by atoms with Gasteiger partial charge in [-0.15, -0.1) is 0 Å². The normalized spacial score (nSPS) is 11.0. The van der Waals surface area contributed by atoms with Gasteiger partial charge in [0, 0.05) is 0 Å². The van der Waals surface area contributed by atoms with Crippen LogP contribution < -0.4 is 0 Å². The zero-order valence-electron chi connectivity index (χ0n) is 12.0. The minimum atomic E-state index is 0.665. The Bertz CT molecular complexity index is 708. The van der Waals surface area contributed by atoms with Crippen molar-refractivity contribution in [2.75, 3.05) is 0 Å². The average molecular weight is 282 g/mol. The summed E-state index contributed by atoms with van der Waals surface area (Å²) in [5.74, 6) is 0. The van der Waals surface area contributed by atoms with Crippen LogP contribution in [0.2, 0.25) is 0 Å². The minimum absolute atomic E-state index is 0.665. The molecule has 22 heavy (non-hydrogen) atoms. The fraction of sp³-hybridized carbons (Fsp3) is 0. The summed E-state index contributed by atoms with van der Waals surface area (Å²) in [6, 6.07) is 19.0. The fourth-order valence-electron chi connectivity index (χ4n) is 1.80. The second kappa shape index (κ2) is 8.04. The molecule has 0 aliphatic carbocycles. The van der Waals surface area contributed by atoms with Crippen molar-refractivity contribution < 1.29 is 0 Å². The maximum absolute atomic E-state index is 8.72. The van der Waals surface area contributed by atoms with Gasteiger partial charge in [-0.05, 0) is 35.4 Å². The summed E-state index contributed by atoms with van der Waals surface area (Å²) in [6.07, 6.45) is 11.7. The smallest absolute Gasteiger partial charge is 0.0991 e. The van der Waals surface area contributed by atoms with Crippen LogP contribution in [0.3, 0.4) is 0 Å². The molecule has 2 aromatic carbocycles. The van der Waals surface area contributed by atoms with Gasteiger partial charge in [-0.2, -0.15) is 10.5 Å². The molecule has 2 rings (SSSR count). The molecule has 0 aliphatic rings. The first-order valence-electron chi connectivity index (χ1n) is 6.83. The number of rotatable bonds is 4. The molecule has 0 saturated carbocycles. The minimum Gasteiger partial charge on any atom is -0.192 e. The van der Waals surface area contributed by atoms with Gasteiger partial charge in [-0.1, -0.05) is 60.7 Å². The van der Waals surface area contributed by atoms with E-state index in [1.54, 1.807) is 24.3 Å². The summed E-state index contributed by atoms with van der Waals surface area (Å²) in [7, 11) is 0. The molecule has 0 radical (unpaired) electrons. The van der Waals surface area contributed by atoms with E-state index in [1.807, 2.05) is 60.7 Å². The summed E-state index contributed by atoms with van der Waals surface area (Å²) < 4.78 is 0. The molecule has 0 aliphatic heterocycles. The van der Waals surface area contributed by atoms with Gasteiger partial charge in [0.05, 0.1) is 23.3 Å². The Balaban J connectivity index is 1.89. The first-order chi connectivity index (χ1) is 10.8. The number of benzene rings is 2. The summed E-state index contributed by atoms with van der Waals surface area (Å²) in [6.45, 7) is 0. The van der Waals surface area contributed by atoms with Crippen LogP contribution in [0.25, 0.3) is 12.2 Å². The lowest BCUT2D eigenvalue weighted by Gasteiger charge is -1.92. The van der Waals surface area contributed by atoms with Gasteiger partial charge in [-0.3, -0.25) is 0 Å². The highest BCUT2D eigenvalue weighted by atomic mass is 14.2. The number of nitriles is 2. The highest BCUT2D eigenvalue weighted by Crippen LogP contribution is 2.06. The average Bonchev–Trinajstić information content (AvgIpc) is 2.59. The lowest BCUT2D eigenvalue weighted by atomic mass is 10.1. The molecule has 0 N–H and O–H groups in total. The van der Waals surface area contributed by atoms with E-state index in [1.165, 1.54) is 0 Å². The summed E-state index contributed by atoms with van der Waals surface area (Å²) in [4.78, 5) is 0. The van der Waals surface area contributed by atoms with E-state index in [-0.39, 0.29) is 0 Å². The maximum atomic E-state index is 8.72. The Labute approximate surface area is 130 Å². The topological polar surface area (TPSA) is 47.6 Å². The highest BCUT2D eigenvalue weighted by Gasteiger charge is 1.89. The predicted octanol–water partition coefficient (Wildman–Crippen LogP) is 4.71. The number of hydrogen-bond acceptors (Lipinski definition) is 2. The SMILES string of the molecule is N#Cc1ccc(/C=C/C=C/C=C/c2ccc(C#N)cc2)cc1. The molecule has 2 nitrogen and oxygen atoms in total. The van der Waals surface area contributed by atoms with Crippen molar-refractivity contribution in [2.24, 2.45) is 0 Å². The number of nitrogens with zero attached hydrogens (tertiary/aromatic N) is 2. The number of hydrogen-bond donors (Lipinski definition) is 0. The summed E-state index contributed by atoms with van der Waals surface area (Å²) in [5.41, 5.74) is 3.44. The lowest BCUT2D eigenvalue weighted by Crippen LogP contribution is -1.74. The highest BCUT2D eigenvalue weighted by molar-refractivity contribution is 5.54. The summed E-state index contributed by atoms with van der Waals surface area (Å²) >= 11 is 0. The third-order valence-electron chi connectivity index (χ3n) is 2.99. The van der Waals surface area contributed by atoms with Crippen molar-refractivity contribution in [3.05, 3.63) is 95.1 Å². The van der Waals surface area contributed by atoms with Gasteiger partial charge in [0.15, 0.2) is 0 Å². The second-order valence-corrected chi connectivity index (χ2v) is 4.57. The molecule has 0 amide bonds. The van der Waals surface area contributed by atoms with Crippen molar-refractivity contribution in [3.8, 4) is 12.1 Å². The molecule has 0 aromatic heterocycles. The van der Waals surface area contributed by atoms with Gasteiger partial charge in [-0.25, -0.2) is 0 Å². The van der Waals surface area contributed by atoms with E-state index in [0.29, 0.717) is 11.1 Å². The molecule has 0 spiro atoms. The molecular weight excluding hydrogens is 268 g/mol. The monoisotopic (exact) mass is 282 g/mol. The van der Waals surface area contributed by atoms with E-state index in [9.17, 15) is 0 Å². The second-order valence-electron chi connectivity index (χ2n) is 4.57. The van der Waals surface area contributed by atoms with E-state index in [2.05, 4.69) is 12.1 Å². The van der Waals surface area contributed by atoms with Crippen molar-refractivity contribution in [3.63, 3.8) is 0 Å². The quantitative estimate of drug-likeness (QED) is 0.762. The zero-order valence-corrected chi connectivity index (χ0v) is 12.0. The standard InChI is InChI=1S/C20H14N2/c21-15-19-11-7-17(8-12-19)5-3-1-2-4-6-18-9-13-20(16-22)14-10-18/h1-14H/b2-1+,5-3+,6-4+. The Hall–Kier alpha value is -3.36. The van der Waals surface area contributed by atoms with E-state index in [4.69, 9.17) is 10.5 Å². The van der Waals surface area contributed by atoms with Crippen LogP contribution in [-0.2, 0) is 0 Å². The van der Waals surface area contributed by atoms with Crippen LogP contribution in [0.5, 0.6) is 0 Å². The lowest BCUT2D eigenvalue weighted by molar-refractivity contribution is 1.48. The molecule has 0 heterocycles. The van der Waals surface area contributed by atoms with Gasteiger partial charge in [0.1, 0.15) is 0 Å². The van der Waals surface area contributed by atoms with E-state index >= 15 is 0 Å². The fourth-order valence-corrected chi connectivity index (χ4v) is 1.80. The van der Waals surface area contributed by atoms with Crippen LogP contribution in [0.1, 0.15) is 22.3 Å². The van der Waals surface area contributed by atoms with Crippen molar-refractivity contribution >= 4 is 12.2 Å². The molecule has 0 saturated heterocycles. The molecule has 0 bridgehead atoms. The van der Waals surface area contributed by atoms with Gasteiger partial charge in [0.2, 0.25) is 0 Å². The van der Waals surface area contributed by atoms with Crippen molar-refractivity contribution in [2.45, 2.75) is 0 Å². The zero-order chi connectivity index (χ0) is 15.6. The van der Waals surface area contributed by atoms with Crippen molar-refractivity contribution in [1.29, 1.82) is 10.5 Å². The van der Waals surface area contributed by atoms with Crippen LogP contribution >= 0.6 is 0 Å². The van der Waals surface area contributed by atoms with Crippen LogP contribution in [0.4, 0.5) is 0 Å². The van der Waals surface area contributed by atoms with Crippen LogP contribution in [0.15, 0.2) is 72.8 Å². The Kier molecular flexibility index (Phi) is 5.50. The summed E-state index contributed by atoms with van der Waals surface area (Å²) in [5, 5.41) is 17.4. The molecule has 0 fully saturated rings.